The van der Waals surface area contributed by atoms with Crippen LogP contribution in [0.4, 0.5) is 0 Å². The first-order chi connectivity index (χ1) is 5.86. The Balaban J connectivity index is 0.000000561. The number of hydrogen-bond donors (Lipinski definition) is 1. The zero-order valence-electron chi connectivity index (χ0n) is 7.83. The van der Waals surface area contributed by atoms with Crippen molar-refractivity contribution in [1.82, 2.24) is 4.98 Å². The highest BCUT2D eigenvalue weighted by Crippen LogP contribution is 2.02. The molecule has 1 unspecified atom stereocenters. The van der Waals surface area contributed by atoms with Gasteiger partial charge in [-0.2, -0.15) is 0 Å². The van der Waals surface area contributed by atoms with E-state index < -0.39 is 0 Å². The first-order valence-electron chi connectivity index (χ1n) is 4.10. The predicted octanol–water partition coefficient (Wildman–Crippen LogP) is 1.53. The van der Waals surface area contributed by atoms with Gasteiger partial charge in [-0.15, -0.1) is 0 Å². The summed E-state index contributed by atoms with van der Waals surface area (Å²) < 4.78 is 0. The minimum Gasteiger partial charge on any atom is -0.390 e. The standard InChI is InChI=1S/C7H10NOP.C2H6/c1-10-7-3-2-6(5-9)8-4-7;1-2/h2-4,9-10H,5H2,1H3;1-2H3. The van der Waals surface area contributed by atoms with E-state index in [0.717, 1.165) is 14.3 Å². The van der Waals surface area contributed by atoms with Crippen LogP contribution in [0, 0.1) is 0 Å². The molecule has 0 saturated carbocycles. The Labute approximate surface area is 75.8 Å². The van der Waals surface area contributed by atoms with E-state index in [0.29, 0.717) is 0 Å². The third kappa shape index (κ3) is 3.80. The molecule has 0 amide bonds. The van der Waals surface area contributed by atoms with Gasteiger partial charge in [0.2, 0.25) is 0 Å². The summed E-state index contributed by atoms with van der Waals surface area (Å²) in [6.45, 7) is 6.14. The van der Waals surface area contributed by atoms with E-state index in [-0.39, 0.29) is 6.61 Å². The lowest BCUT2D eigenvalue weighted by Crippen LogP contribution is -1.97. The van der Waals surface area contributed by atoms with Gasteiger partial charge < -0.3 is 5.11 Å². The van der Waals surface area contributed by atoms with E-state index in [2.05, 4.69) is 11.6 Å². The second kappa shape index (κ2) is 7.20. The van der Waals surface area contributed by atoms with Crippen LogP contribution in [0.25, 0.3) is 0 Å². The van der Waals surface area contributed by atoms with Crippen LogP contribution in [0.1, 0.15) is 19.5 Å². The predicted molar refractivity (Wildman–Crippen MR) is 55.4 cm³/mol. The molecule has 1 rings (SSSR count). The summed E-state index contributed by atoms with van der Waals surface area (Å²) in [6, 6.07) is 3.85. The molecule has 1 atom stereocenters. The maximum absolute atomic E-state index is 8.64. The second-order valence-corrected chi connectivity index (χ2v) is 3.02. The van der Waals surface area contributed by atoms with Gasteiger partial charge in [0.1, 0.15) is 0 Å². The summed E-state index contributed by atoms with van der Waals surface area (Å²) in [4.78, 5) is 4.02. The first kappa shape index (κ1) is 11.5. The summed E-state index contributed by atoms with van der Waals surface area (Å²) in [5, 5.41) is 9.87. The molecular formula is C9H16NOP. The number of nitrogens with zero attached hydrogens (tertiary/aromatic N) is 1. The van der Waals surface area contributed by atoms with E-state index in [1.807, 2.05) is 32.2 Å². The van der Waals surface area contributed by atoms with Crippen molar-refractivity contribution in [2.24, 2.45) is 0 Å². The highest BCUT2D eigenvalue weighted by molar-refractivity contribution is 7.46. The van der Waals surface area contributed by atoms with Crippen molar-refractivity contribution >= 4 is 13.9 Å². The van der Waals surface area contributed by atoms with Gasteiger partial charge >= 0.3 is 0 Å². The van der Waals surface area contributed by atoms with Gasteiger partial charge in [0.05, 0.1) is 12.3 Å². The quantitative estimate of drug-likeness (QED) is 0.709. The molecule has 68 valence electrons. The topological polar surface area (TPSA) is 33.1 Å². The summed E-state index contributed by atoms with van der Waals surface area (Å²) in [6.07, 6.45) is 1.81. The zero-order chi connectivity index (χ0) is 9.40. The van der Waals surface area contributed by atoms with Crippen LogP contribution in [0.3, 0.4) is 0 Å². The van der Waals surface area contributed by atoms with Crippen molar-refractivity contribution < 1.29 is 5.11 Å². The van der Waals surface area contributed by atoms with Gasteiger partial charge in [0, 0.05) is 6.20 Å². The monoisotopic (exact) mass is 185 g/mol. The van der Waals surface area contributed by atoms with Gasteiger partial charge in [-0.1, -0.05) is 28.5 Å². The first-order valence-corrected chi connectivity index (χ1v) is 5.60. The van der Waals surface area contributed by atoms with Crippen molar-refractivity contribution in [2.75, 3.05) is 6.66 Å². The largest absolute Gasteiger partial charge is 0.390 e. The number of hydrogen-bond acceptors (Lipinski definition) is 2. The highest BCUT2D eigenvalue weighted by atomic mass is 31.1. The van der Waals surface area contributed by atoms with Crippen molar-refractivity contribution in [1.29, 1.82) is 0 Å². The fourth-order valence-electron chi connectivity index (χ4n) is 0.666. The maximum Gasteiger partial charge on any atom is 0.0852 e. The van der Waals surface area contributed by atoms with E-state index in [4.69, 9.17) is 5.11 Å². The Kier molecular flexibility index (Phi) is 6.93. The van der Waals surface area contributed by atoms with Gasteiger partial charge in [0.15, 0.2) is 0 Å². The van der Waals surface area contributed by atoms with Crippen molar-refractivity contribution in [3.8, 4) is 0 Å². The molecule has 2 nitrogen and oxygen atoms in total. The Bertz CT molecular complexity index is 175. The average molecular weight is 185 g/mol. The number of aromatic nitrogens is 1. The van der Waals surface area contributed by atoms with E-state index in [1.54, 1.807) is 0 Å². The summed E-state index contributed by atoms with van der Waals surface area (Å²) in [7, 11) is 0.784. The number of aliphatic hydroxyl groups is 1. The Hall–Kier alpha value is -0.460. The molecule has 0 aromatic carbocycles. The average Bonchev–Trinajstić information content (AvgIpc) is 2.21. The fraction of sp³-hybridized carbons (Fsp3) is 0.444. The molecule has 1 N–H and O–H groups in total. The van der Waals surface area contributed by atoms with Crippen molar-refractivity contribution in [2.45, 2.75) is 20.5 Å². The molecule has 1 aromatic rings. The molecule has 1 heterocycles. The van der Waals surface area contributed by atoms with Crippen LogP contribution in [0.5, 0.6) is 0 Å². The van der Waals surface area contributed by atoms with E-state index in [1.165, 1.54) is 5.30 Å². The summed E-state index contributed by atoms with van der Waals surface area (Å²) >= 11 is 0. The van der Waals surface area contributed by atoms with Crippen molar-refractivity contribution in [3.63, 3.8) is 0 Å². The third-order valence-electron chi connectivity index (χ3n) is 1.28. The van der Waals surface area contributed by atoms with Crippen LogP contribution in [0.15, 0.2) is 18.3 Å². The number of rotatable bonds is 2. The minimum atomic E-state index is 0.0348. The van der Waals surface area contributed by atoms with E-state index >= 15 is 0 Å². The van der Waals surface area contributed by atoms with Gasteiger partial charge in [-0.05, 0) is 18.0 Å². The number of pyridine rings is 1. The fourth-order valence-corrected chi connectivity index (χ4v) is 1.11. The zero-order valence-corrected chi connectivity index (χ0v) is 8.83. The van der Waals surface area contributed by atoms with Crippen LogP contribution >= 0.6 is 8.58 Å². The molecule has 12 heavy (non-hydrogen) atoms. The molecule has 0 spiro atoms. The Morgan fingerprint density at radius 3 is 2.42 bits per heavy atom. The molecule has 0 aliphatic carbocycles. The van der Waals surface area contributed by atoms with Crippen LogP contribution < -0.4 is 5.30 Å². The number of aliphatic hydroxyl groups excluding tert-OH is 1. The second-order valence-electron chi connectivity index (χ2n) is 1.95. The SMILES string of the molecule is CC.CPc1ccc(CO)nc1. The molecule has 0 aliphatic heterocycles. The van der Waals surface area contributed by atoms with Gasteiger partial charge in [-0.25, -0.2) is 0 Å². The molecule has 0 saturated heterocycles. The summed E-state index contributed by atoms with van der Waals surface area (Å²) in [5.41, 5.74) is 0.738. The van der Waals surface area contributed by atoms with Crippen molar-refractivity contribution in [3.05, 3.63) is 24.0 Å². The van der Waals surface area contributed by atoms with Crippen LogP contribution in [0.2, 0.25) is 0 Å². The highest BCUT2D eigenvalue weighted by Gasteiger charge is 1.90. The smallest absolute Gasteiger partial charge is 0.0852 e. The molecule has 0 bridgehead atoms. The lowest BCUT2D eigenvalue weighted by molar-refractivity contribution is 0.277. The minimum absolute atomic E-state index is 0.0348. The summed E-state index contributed by atoms with van der Waals surface area (Å²) in [5.74, 6) is 0. The molecular weight excluding hydrogens is 169 g/mol. The molecule has 1 aromatic heterocycles. The molecule has 0 aliphatic rings. The molecule has 0 fully saturated rings. The Morgan fingerprint density at radius 2 is 2.08 bits per heavy atom. The lowest BCUT2D eigenvalue weighted by atomic mass is 10.4. The van der Waals surface area contributed by atoms with Gasteiger partial charge in [0.25, 0.3) is 0 Å². The van der Waals surface area contributed by atoms with E-state index in [9.17, 15) is 0 Å². The molecule has 0 radical (unpaired) electrons. The lowest BCUT2D eigenvalue weighted by Gasteiger charge is -1.96. The Morgan fingerprint density at radius 1 is 1.42 bits per heavy atom. The normalized spacial score (nSPS) is 9.67. The van der Waals surface area contributed by atoms with Gasteiger partial charge in [-0.3, -0.25) is 4.98 Å². The van der Waals surface area contributed by atoms with Crippen LogP contribution in [-0.2, 0) is 6.61 Å². The maximum atomic E-state index is 8.64. The third-order valence-corrected chi connectivity index (χ3v) is 2.15. The molecule has 3 heteroatoms. The van der Waals surface area contributed by atoms with Crippen LogP contribution in [-0.4, -0.2) is 16.8 Å².